The standard InChI is InChI=1S/C9H10Cl2O/c1-5(2)6-3-4-7(10)9(12)8(6)11/h3-5,12H,1-2H3. The third-order valence-corrected chi connectivity index (χ3v) is 2.42. The monoisotopic (exact) mass is 204 g/mol. The van der Waals surface area contributed by atoms with Gasteiger partial charge in [-0.25, -0.2) is 0 Å². The van der Waals surface area contributed by atoms with Crippen molar-refractivity contribution < 1.29 is 5.11 Å². The van der Waals surface area contributed by atoms with E-state index in [-0.39, 0.29) is 5.75 Å². The van der Waals surface area contributed by atoms with Crippen LogP contribution in [-0.2, 0) is 0 Å². The number of aromatic hydroxyl groups is 1. The maximum Gasteiger partial charge on any atom is 0.153 e. The SMILES string of the molecule is CC(C)c1ccc(Cl)c(O)c1Cl. The molecule has 1 N–H and O–H groups in total. The lowest BCUT2D eigenvalue weighted by atomic mass is 10.0. The van der Waals surface area contributed by atoms with E-state index in [1.54, 1.807) is 6.07 Å². The summed E-state index contributed by atoms with van der Waals surface area (Å²) < 4.78 is 0. The average Bonchev–Trinajstić information content (AvgIpc) is 2.00. The predicted octanol–water partition coefficient (Wildman–Crippen LogP) is 3.82. The van der Waals surface area contributed by atoms with Crippen molar-refractivity contribution in [3.8, 4) is 5.75 Å². The van der Waals surface area contributed by atoms with Crippen LogP contribution in [-0.4, -0.2) is 5.11 Å². The molecule has 0 atom stereocenters. The summed E-state index contributed by atoms with van der Waals surface area (Å²) in [6.45, 7) is 4.02. The lowest BCUT2D eigenvalue weighted by Gasteiger charge is -2.09. The Morgan fingerprint density at radius 2 is 1.83 bits per heavy atom. The van der Waals surface area contributed by atoms with Gasteiger partial charge in [-0.15, -0.1) is 0 Å². The second kappa shape index (κ2) is 3.55. The van der Waals surface area contributed by atoms with Crippen LogP contribution in [0.5, 0.6) is 5.75 Å². The largest absolute Gasteiger partial charge is 0.505 e. The molecule has 12 heavy (non-hydrogen) atoms. The number of hydrogen-bond acceptors (Lipinski definition) is 1. The summed E-state index contributed by atoms with van der Waals surface area (Å²) in [5, 5.41) is 10.0. The number of halogens is 2. The quantitative estimate of drug-likeness (QED) is 0.738. The molecular weight excluding hydrogens is 195 g/mol. The van der Waals surface area contributed by atoms with Gasteiger partial charge in [0.25, 0.3) is 0 Å². The second-order valence-electron chi connectivity index (χ2n) is 2.95. The maximum absolute atomic E-state index is 9.37. The Balaban J connectivity index is 3.27. The molecule has 0 heterocycles. The van der Waals surface area contributed by atoms with Crippen molar-refractivity contribution in [3.63, 3.8) is 0 Å². The van der Waals surface area contributed by atoms with Crippen molar-refractivity contribution >= 4 is 23.2 Å². The van der Waals surface area contributed by atoms with Crippen molar-refractivity contribution in [1.82, 2.24) is 0 Å². The molecule has 1 nitrogen and oxygen atoms in total. The highest BCUT2D eigenvalue weighted by atomic mass is 35.5. The summed E-state index contributed by atoms with van der Waals surface area (Å²) in [7, 11) is 0. The van der Waals surface area contributed by atoms with Gasteiger partial charge in [0.2, 0.25) is 0 Å². The zero-order valence-electron chi connectivity index (χ0n) is 6.94. The number of phenols is 1. The highest BCUT2D eigenvalue weighted by molar-refractivity contribution is 6.37. The average molecular weight is 205 g/mol. The van der Waals surface area contributed by atoms with E-state index >= 15 is 0 Å². The molecule has 1 aromatic carbocycles. The van der Waals surface area contributed by atoms with Crippen LogP contribution in [0.25, 0.3) is 0 Å². The topological polar surface area (TPSA) is 20.2 Å². The summed E-state index contributed by atoms with van der Waals surface area (Å²) in [6, 6.07) is 3.48. The van der Waals surface area contributed by atoms with Gasteiger partial charge >= 0.3 is 0 Å². The van der Waals surface area contributed by atoms with Gasteiger partial charge in [-0.1, -0.05) is 43.1 Å². The zero-order chi connectivity index (χ0) is 9.30. The Morgan fingerprint density at radius 1 is 1.25 bits per heavy atom. The molecule has 0 aliphatic carbocycles. The van der Waals surface area contributed by atoms with E-state index in [0.717, 1.165) is 5.56 Å². The van der Waals surface area contributed by atoms with Crippen LogP contribution in [0.1, 0.15) is 25.3 Å². The molecule has 0 spiro atoms. The summed E-state index contributed by atoms with van der Waals surface area (Å²) in [5.41, 5.74) is 0.915. The zero-order valence-corrected chi connectivity index (χ0v) is 8.45. The molecule has 0 radical (unpaired) electrons. The minimum atomic E-state index is -0.0236. The Hall–Kier alpha value is -0.400. The molecule has 0 bridgehead atoms. The fraction of sp³-hybridized carbons (Fsp3) is 0.333. The van der Waals surface area contributed by atoms with Gasteiger partial charge < -0.3 is 5.11 Å². The number of benzene rings is 1. The van der Waals surface area contributed by atoms with Crippen molar-refractivity contribution in [2.24, 2.45) is 0 Å². The fourth-order valence-corrected chi connectivity index (χ4v) is 1.59. The van der Waals surface area contributed by atoms with E-state index in [1.807, 2.05) is 19.9 Å². The molecule has 0 unspecified atom stereocenters. The Labute approximate surface area is 81.9 Å². The summed E-state index contributed by atoms with van der Waals surface area (Å²) >= 11 is 11.5. The van der Waals surface area contributed by atoms with Gasteiger partial charge in [0, 0.05) is 0 Å². The maximum atomic E-state index is 9.37. The molecule has 0 amide bonds. The van der Waals surface area contributed by atoms with E-state index in [9.17, 15) is 5.11 Å². The molecule has 0 saturated heterocycles. The van der Waals surface area contributed by atoms with Crippen molar-refractivity contribution in [2.75, 3.05) is 0 Å². The second-order valence-corrected chi connectivity index (χ2v) is 3.74. The van der Waals surface area contributed by atoms with Gasteiger partial charge in [-0.2, -0.15) is 0 Å². The molecular formula is C9H10Cl2O. The van der Waals surface area contributed by atoms with Gasteiger partial charge in [-0.05, 0) is 17.5 Å². The molecule has 3 heteroatoms. The number of hydrogen-bond donors (Lipinski definition) is 1. The van der Waals surface area contributed by atoms with Crippen LogP contribution in [0.3, 0.4) is 0 Å². The third-order valence-electron chi connectivity index (χ3n) is 1.72. The van der Waals surface area contributed by atoms with Crippen molar-refractivity contribution in [2.45, 2.75) is 19.8 Å². The lowest BCUT2D eigenvalue weighted by Crippen LogP contribution is -1.88. The van der Waals surface area contributed by atoms with Crippen LogP contribution in [0, 0.1) is 0 Å². The van der Waals surface area contributed by atoms with Crippen LogP contribution in [0.2, 0.25) is 10.0 Å². The lowest BCUT2D eigenvalue weighted by molar-refractivity contribution is 0.474. The minimum Gasteiger partial charge on any atom is -0.505 e. The normalized spacial score (nSPS) is 10.8. The first kappa shape index (κ1) is 9.69. The van der Waals surface area contributed by atoms with Crippen molar-refractivity contribution in [1.29, 1.82) is 0 Å². The summed E-state index contributed by atoms with van der Waals surface area (Å²) in [6.07, 6.45) is 0. The van der Waals surface area contributed by atoms with E-state index in [2.05, 4.69) is 0 Å². The summed E-state index contributed by atoms with van der Waals surface area (Å²) in [5.74, 6) is 0.269. The summed E-state index contributed by atoms with van der Waals surface area (Å²) in [4.78, 5) is 0. The molecule has 0 aliphatic heterocycles. The minimum absolute atomic E-state index is 0.0236. The third kappa shape index (κ3) is 1.67. The van der Waals surface area contributed by atoms with E-state index in [1.165, 1.54) is 0 Å². The highest BCUT2D eigenvalue weighted by Gasteiger charge is 2.11. The first-order chi connectivity index (χ1) is 5.54. The predicted molar refractivity (Wildman–Crippen MR) is 52.2 cm³/mol. The Morgan fingerprint density at radius 3 is 2.33 bits per heavy atom. The van der Waals surface area contributed by atoms with E-state index in [4.69, 9.17) is 23.2 Å². The van der Waals surface area contributed by atoms with Gasteiger partial charge in [0.1, 0.15) is 0 Å². The molecule has 0 aromatic heterocycles. The van der Waals surface area contributed by atoms with Gasteiger partial charge in [0.15, 0.2) is 5.75 Å². The van der Waals surface area contributed by atoms with Crippen molar-refractivity contribution in [3.05, 3.63) is 27.7 Å². The smallest absolute Gasteiger partial charge is 0.153 e. The molecule has 66 valence electrons. The van der Waals surface area contributed by atoms with E-state index < -0.39 is 0 Å². The molecule has 0 saturated carbocycles. The molecule has 1 aromatic rings. The van der Waals surface area contributed by atoms with Gasteiger partial charge in [-0.3, -0.25) is 0 Å². The van der Waals surface area contributed by atoms with Gasteiger partial charge in [0.05, 0.1) is 10.0 Å². The van der Waals surface area contributed by atoms with E-state index in [0.29, 0.717) is 16.0 Å². The number of phenolic OH excluding ortho intramolecular Hbond substituents is 1. The van der Waals surface area contributed by atoms with Crippen LogP contribution < -0.4 is 0 Å². The highest BCUT2D eigenvalue weighted by Crippen LogP contribution is 2.37. The number of rotatable bonds is 1. The fourth-order valence-electron chi connectivity index (χ4n) is 1.00. The molecule has 1 rings (SSSR count). The molecule has 0 fully saturated rings. The Kier molecular flexibility index (Phi) is 2.86. The van der Waals surface area contributed by atoms with Crippen LogP contribution in [0.15, 0.2) is 12.1 Å². The first-order valence-corrected chi connectivity index (χ1v) is 4.46. The van der Waals surface area contributed by atoms with Crippen LogP contribution in [0.4, 0.5) is 0 Å². The molecule has 0 aliphatic rings. The first-order valence-electron chi connectivity index (χ1n) is 3.71. The Bertz CT molecular complexity index is 295. The van der Waals surface area contributed by atoms with Crippen LogP contribution >= 0.6 is 23.2 Å².